The van der Waals surface area contributed by atoms with Gasteiger partial charge in [0.15, 0.2) is 22.8 Å². The van der Waals surface area contributed by atoms with Crippen molar-refractivity contribution in [3.63, 3.8) is 0 Å². The van der Waals surface area contributed by atoms with Gasteiger partial charge in [-0.1, -0.05) is 6.42 Å². The number of unbranched alkanes of at least 4 members (excludes halogenated alkanes) is 1. The Bertz CT molecular complexity index is 1850. The lowest BCUT2D eigenvalue weighted by Crippen LogP contribution is -2.40. The van der Waals surface area contributed by atoms with Gasteiger partial charge in [0, 0.05) is 39.4 Å². The number of carboxylic acid groups (broad SMARTS) is 1. The number of nitrogens with zero attached hydrogens (tertiary/aromatic N) is 7. The van der Waals surface area contributed by atoms with Crippen LogP contribution in [-0.2, 0) is 10.5 Å². The molecule has 5 aromatic rings. The van der Waals surface area contributed by atoms with Gasteiger partial charge in [0.1, 0.15) is 6.04 Å². The Labute approximate surface area is 259 Å². The molecular formula is C28H28N12O4S. The molecule has 0 aliphatic rings. The number of nitrogens with two attached hydrogens (primary N) is 3. The maximum Gasteiger partial charge on any atom is 0.326 e. The van der Waals surface area contributed by atoms with Crippen molar-refractivity contribution in [3.05, 3.63) is 65.5 Å². The summed E-state index contributed by atoms with van der Waals surface area (Å²) >= 11 is 1.47. The first-order chi connectivity index (χ1) is 21.7. The molecular weight excluding hydrogens is 600 g/mol. The van der Waals surface area contributed by atoms with E-state index in [1.165, 1.54) is 11.8 Å². The van der Waals surface area contributed by atoms with Crippen molar-refractivity contribution in [2.45, 2.75) is 42.4 Å². The number of amides is 1. The number of fused-ring (bicyclic) bond motifs is 1. The van der Waals surface area contributed by atoms with Crippen LogP contribution in [-0.4, -0.2) is 69.4 Å². The monoisotopic (exact) mass is 628 g/mol. The third-order valence-corrected chi connectivity index (χ3v) is 7.73. The van der Waals surface area contributed by atoms with Gasteiger partial charge < -0.3 is 27.6 Å². The second kappa shape index (κ2) is 13.7. The number of carbonyl (C=O) groups excluding carboxylic acids is 2. The molecule has 0 bridgehead atoms. The summed E-state index contributed by atoms with van der Waals surface area (Å²) in [6.07, 6.45) is 2.70. The topological polar surface area (TPSA) is 268 Å². The molecule has 0 unspecified atom stereocenters. The fraction of sp³-hybridized carbons (Fsp3) is 0.214. The molecule has 16 nitrogen and oxygen atoms in total. The number of thioether (sulfide) groups is 1. The average molecular weight is 629 g/mol. The number of carboxylic acids is 1. The van der Waals surface area contributed by atoms with E-state index in [0.29, 0.717) is 57.8 Å². The van der Waals surface area contributed by atoms with Crippen LogP contribution in [0.15, 0.2) is 53.6 Å². The molecule has 9 N–H and O–H groups in total. The van der Waals surface area contributed by atoms with E-state index in [2.05, 4.69) is 45.9 Å². The van der Waals surface area contributed by atoms with E-state index >= 15 is 0 Å². The molecule has 17 heteroatoms. The number of Topliss-reactive ketones (excluding diaryl/α,β-unsaturated/α-hetero) is 1. The first-order valence-electron chi connectivity index (χ1n) is 13.7. The van der Waals surface area contributed by atoms with Crippen molar-refractivity contribution in [3.8, 4) is 11.4 Å². The number of nitrogens with one attached hydrogen (secondary N) is 2. The molecule has 3 aromatic heterocycles. The van der Waals surface area contributed by atoms with Gasteiger partial charge in [-0.3, -0.25) is 9.59 Å². The lowest BCUT2D eigenvalue weighted by atomic mass is 9.98. The number of nitrogen functional groups attached to an aromatic ring is 3. The van der Waals surface area contributed by atoms with E-state index in [9.17, 15) is 19.5 Å². The van der Waals surface area contributed by atoms with Crippen LogP contribution < -0.4 is 22.5 Å². The van der Waals surface area contributed by atoms with Crippen molar-refractivity contribution in [1.82, 2.24) is 45.9 Å². The largest absolute Gasteiger partial charge is 0.480 e. The normalized spacial score (nSPS) is 11.7. The van der Waals surface area contributed by atoms with Gasteiger partial charge in [-0.2, -0.15) is 15.2 Å². The highest BCUT2D eigenvalue weighted by Gasteiger charge is 2.21. The van der Waals surface area contributed by atoms with Crippen molar-refractivity contribution >= 4 is 58.0 Å². The number of aliphatic carboxylic acids is 1. The number of anilines is 3. The molecule has 0 fully saturated rings. The van der Waals surface area contributed by atoms with Crippen LogP contribution in [0.3, 0.4) is 0 Å². The Morgan fingerprint density at radius 1 is 1.00 bits per heavy atom. The predicted molar refractivity (Wildman–Crippen MR) is 166 cm³/mol. The maximum atomic E-state index is 12.9. The third-order valence-electron chi connectivity index (χ3n) is 6.68. The molecule has 230 valence electrons. The fourth-order valence-corrected chi connectivity index (χ4v) is 5.23. The number of ketones is 1. The van der Waals surface area contributed by atoms with E-state index < -0.39 is 17.9 Å². The molecule has 1 amide bonds. The van der Waals surface area contributed by atoms with E-state index in [-0.39, 0.29) is 36.2 Å². The van der Waals surface area contributed by atoms with Gasteiger partial charge in [-0.15, -0.1) is 22.0 Å². The van der Waals surface area contributed by atoms with Crippen LogP contribution in [0, 0.1) is 0 Å². The third kappa shape index (κ3) is 7.63. The Hall–Kier alpha value is -5.71. The first kappa shape index (κ1) is 30.7. The number of tetrazole rings is 1. The highest BCUT2D eigenvalue weighted by molar-refractivity contribution is 7.98. The van der Waals surface area contributed by atoms with Gasteiger partial charge >= 0.3 is 5.97 Å². The van der Waals surface area contributed by atoms with Crippen molar-refractivity contribution < 1.29 is 19.5 Å². The van der Waals surface area contributed by atoms with Gasteiger partial charge in [0.05, 0.1) is 11.9 Å². The summed E-state index contributed by atoms with van der Waals surface area (Å²) in [4.78, 5) is 55.1. The van der Waals surface area contributed by atoms with Gasteiger partial charge in [-0.25, -0.2) is 14.8 Å². The summed E-state index contributed by atoms with van der Waals surface area (Å²) in [5.41, 5.74) is 20.3. The number of aromatic nitrogens is 8. The number of H-pyrrole nitrogens is 1. The lowest BCUT2D eigenvalue weighted by Gasteiger charge is -2.15. The van der Waals surface area contributed by atoms with Crippen LogP contribution in [0.4, 0.5) is 17.5 Å². The molecule has 5 rings (SSSR count). The highest BCUT2D eigenvalue weighted by atomic mass is 32.2. The predicted octanol–water partition coefficient (Wildman–Crippen LogP) is 2.27. The maximum absolute atomic E-state index is 12.9. The summed E-state index contributed by atoms with van der Waals surface area (Å²) in [5, 5.41) is 26.0. The van der Waals surface area contributed by atoms with Crippen LogP contribution in [0.5, 0.6) is 0 Å². The number of aromatic amines is 1. The van der Waals surface area contributed by atoms with Crippen LogP contribution in [0.25, 0.3) is 22.6 Å². The van der Waals surface area contributed by atoms with E-state index in [4.69, 9.17) is 17.2 Å². The molecule has 0 radical (unpaired) electrons. The molecule has 2 aromatic carbocycles. The van der Waals surface area contributed by atoms with Crippen molar-refractivity contribution in [2.75, 3.05) is 17.2 Å². The van der Waals surface area contributed by atoms with Gasteiger partial charge in [0.25, 0.3) is 5.91 Å². The fourth-order valence-electron chi connectivity index (χ4n) is 4.45. The van der Waals surface area contributed by atoms with Crippen molar-refractivity contribution in [2.24, 2.45) is 0 Å². The highest BCUT2D eigenvalue weighted by Crippen LogP contribution is 2.25. The second-order valence-corrected chi connectivity index (χ2v) is 10.9. The summed E-state index contributed by atoms with van der Waals surface area (Å²) in [6, 6.07) is 10.4. The number of hydrogen-bond donors (Lipinski definition) is 6. The zero-order valence-electron chi connectivity index (χ0n) is 23.7. The van der Waals surface area contributed by atoms with E-state index in [1.54, 1.807) is 48.7 Å². The SMILES string of the molecule is Nc1ccc(C(=O)CCCC[C@H](NC(=O)c2ccc(SCc3cnc4nc(N)nc(N)c4n3)cc2)C(=O)O)c(-c2nn[nH]n2)c1. The zero-order chi connectivity index (χ0) is 31.9. The quantitative estimate of drug-likeness (QED) is 0.0472. The van der Waals surface area contributed by atoms with Crippen LogP contribution in [0.1, 0.15) is 52.1 Å². The van der Waals surface area contributed by atoms with E-state index in [1.807, 2.05) is 0 Å². The summed E-state index contributed by atoms with van der Waals surface area (Å²) < 4.78 is 0. The lowest BCUT2D eigenvalue weighted by molar-refractivity contribution is -0.139. The first-order valence-corrected chi connectivity index (χ1v) is 14.6. The smallest absolute Gasteiger partial charge is 0.326 e. The summed E-state index contributed by atoms with van der Waals surface area (Å²) in [6.45, 7) is 0. The molecule has 0 saturated heterocycles. The summed E-state index contributed by atoms with van der Waals surface area (Å²) in [7, 11) is 0. The van der Waals surface area contributed by atoms with Crippen molar-refractivity contribution in [1.29, 1.82) is 0 Å². The van der Waals surface area contributed by atoms with Gasteiger partial charge in [0.2, 0.25) is 11.8 Å². The Morgan fingerprint density at radius 2 is 1.80 bits per heavy atom. The molecule has 3 heterocycles. The van der Waals surface area contributed by atoms with E-state index in [0.717, 1.165) is 4.90 Å². The number of hydrogen-bond acceptors (Lipinski definition) is 14. The number of rotatable bonds is 13. The molecule has 0 saturated carbocycles. The van der Waals surface area contributed by atoms with Crippen LogP contribution >= 0.6 is 11.8 Å². The Morgan fingerprint density at radius 3 is 2.53 bits per heavy atom. The minimum absolute atomic E-state index is 0.0224. The van der Waals surface area contributed by atoms with Gasteiger partial charge in [-0.05, 0) is 60.5 Å². The zero-order valence-corrected chi connectivity index (χ0v) is 24.5. The standard InChI is InChI=1S/C28H28N12O4S/c29-15-7-10-18(19(11-15)24-37-39-40-38-24)21(41)4-2-1-3-20(27(43)44)34-26(42)14-5-8-17(9-6-14)45-13-16-12-32-25-22(33-16)23(30)35-28(31)36-25/h5-12,20H,1-4,13,29H2,(H,34,42)(H,43,44)(H,37,38,39,40)(H4,30,31,32,35,36)/t20-/m0/s1. The molecule has 1 atom stereocenters. The molecule has 0 aliphatic heterocycles. The Kier molecular flexibility index (Phi) is 9.37. The van der Waals surface area contributed by atoms with Crippen LogP contribution in [0.2, 0.25) is 0 Å². The molecule has 0 spiro atoms. The number of carbonyl (C=O) groups is 3. The molecule has 0 aliphatic carbocycles. The number of benzene rings is 2. The minimum Gasteiger partial charge on any atom is -0.480 e. The molecule has 45 heavy (non-hydrogen) atoms. The second-order valence-electron chi connectivity index (χ2n) is 9.89. The minimum atomic E-state index is -1.16. The Balaban J connectivity index is 1.11. The summed E-state index contributed by atoms with van der Waals surface area (Å²) in [5.74, 6) is -0.958. The average Bonchev–Trinajstić information content (AvgIpc) is 3.56.